The second kappa shape index (κ2) is 7.48. The summed E-state index contributed by atoms with van der Waals surface area (Å²) in [6.45, 7) is 2.06. The van der Waals surface area contributed by atoms with Gasteiger partial charge in [0.2, 0.25) is 0 Å². The lowest BCUT2D eigenvalue weighted by Gasteiger charge is -2.41. The van der Waals surface area contributed by atoms with Gasteiger partial charge in [-0.2, -0.15) is 0 Å². The number of piperidine rings is 1. The highest BCUT2D eigenvalue weighted by Crippen LogP contribution is 2.32. The molecule has 2 aliphatic heterocycles. The van der Waals surface area contributed by atoms with E-state index in [0.717, 1.165) is 29.8 Å². The first kappa shape index (κ1) is 18.7. The number of nitrogens with zero attached hydrogens (tertiary/aromatic N) is 1. The van der Waals surface area contributed by atoms with Crippen LogP contribution in [0.5, 0.6) is 5.75 Å². The van der Waals surface area contributed by atoms with Gasteiger partial charge in [-0.1, -0.05) is 6.42 Å². The van der Waals surface area contributed by atoms with Crippen molar-refractivity contribution in [3.8, 4) is 5.75 Å². The van der Waals surface area contributed by atoms with E-state index in [-0.39, 0.29) is 11.7 Å². The fourth-order valence-electron chi connectivity index (χ4n) is 5.92. The summed E-state index contributed by atoms with van der Waals surface area (Å²) in [6, 6.07) is 5.36. The molecule has 1 saturated heterocycles. The summed E-state index contributed by atoms with van der Waals surface area (Å²) in [5.74, 6) is 0.919. The van der Waals surface area contributed by atoms with Crippen LogP contribution in [0.25, 0.3) is 11.0 Å². The molecule has 0 spiro atoms. The molecule has 1 unspecified atom stereocenters. The van der Waals surface area contributed by atoms with Gasteiger partial charge in [0, 0.05) is 17.8 Å². The molecule has 1 aromatic carbocycles. The summed E-state index contributed by atoms with van der Waals surface area (Å²) >= 11 is 0. The number of phenolic OH excluding ortho intramolecular Hbond substituents is 1. The topological polar surface area (TPSA) is 75.2 Å². The van der Waals surface area contributed by atoms with E-state index in [9.17, 15) is 14.7 Å². The molecule has 29 heavy (non-hydrogen) atoms. The van der Waals surface area contributed by atoms with Gasteiger partial charge in [-0.3, -0.25) is 4.79 Å². The van der Waals surface area contributed by atoms with Gasteiger partial charge in [-0.15, -0.1) is 0 Å². The number of carbonyl (C=O) groups excluding carboxylic acids is 1. The monoisotopic (exact) mass is 397 g/mol. The molecule has 0 radical (unpaired) electrons. The van der Waals surface area contributed by atoms with Crippen LogP contribution < -0.4 is 15.4 Å². The molecule has 5 rings (SSSR count). The molecular formula is C23H29N2O4+. The van der Waals surface area contributed by atoms with E-state index in [4.69, 9.17) is 4.42 Å². The molecule has 6 nitrogen and oxygen atoms in total. The van der Waals surface area contributed by atoms with Crippen molar-refractivity contribution in [2.45, 2.75) is 57.4 Å². The Balaban J connectivity index is 1.45. The van der Waals surface area contributed by atoms with Crippen molar-refractivity contribution in [2.75, 3.05) is 24.5 Å². The number of likely N-dealkylation sites (tertiary alicyclic amines) is 1. The average molecular weight is 397 g/mol. The summed E-state index contributed by atoms with van der Waals surface area (Å²) in [5, 5.41) is 10.6. The Morgan fingerprint density at radius 2 is 2.00 bits per heavy atom. The lowest BCUT2D eigenvalue weighted by Crippen LogP contribution is -3.18. The number of hydrogen-bond donors (Lipinski definition) is 2. The molecule has 1 aliphatic carbocycles. The molecule has 0 bridgehead atoms. The second-order valence-corrected chi connectivity index (χ2v) is 8.92. The molecule has 154 valence electrons. The average Bonchev–Trinajstić information content (AvgIpc) is 2.74. The van der Waals surface area contributed by atoms with E-state index in [1.165, 1.54) is 49.5 Å². The zero-order chi connectivity index (χ0) is 20.0. The van der Waals surface area contributed by atoms with Crippen LogP contribution in [0, 0.1) is 5.92 Å². The first-order valence-electron chi connectivity index (χ1n) is 11.1. The number of nitrogens with one attached hydrogen (secondary N) is 1. The number of quaternary nitrogens is 1. The van der Waals surface area contributed by atoms with Crippen molar-refractivity contribution in [1.82, 2.24) is 0 Å². The molecule has 3 atom stereocenters. The Morgan fingerprint density at radius 3 is 2.90 bits per heavy atom. The fraction of sp³-hybridized carbons (Fsp3) is 0.565. The molecule has 2 aromatic rings. The third-order valence-electron chi connectivity index (χ3n) is 7.23. The maximum Gasteiger partial charge on any atom is 0.360 e. The van der Waals surface area contributed by atoms with Crippen LogP contribution in [0.3, 0.4) is 0 Å². The lowest BCUT2D eigenvalue weighted by atomic mass is 9.78. The van der Waals surface area contributed by atoms with Crippen LogP contribution in [-0.2, 0) is 11.2 Å². The smallest absolute Gasteiger partial charge is 0.360 e. The highest BCUT2D eigenvalue weighted by molar-refractivity contribution is 5.98. The minimum Gasteiger partial charge on any atom is -0.508 e. The summed E-state index contributed by atoms with van der Waals surface area (Å²) in [6.07, 6.45) is 9.12. The number of benzene rings is 1. The van der Waals surface area contributed by atoms with Crippen molar-refractivity contribution in [3.05, 3.63) is 34.2 Å². The summed E-state index contributed by atoms with van der Waals surface area (Å²) in [5.41, 5.74) is 1.23. The number of anilines is 1. The fourth-order valence-corrected chi connectivity index (χ4v) is 5.92. The van der Waals surface area contributed by atoms with Crippen molar-refractivity contribution in [3.63, 3.8) is 0 Å². The van der Waals surface area contributed by atoms with Crippen molar-refractivity contribution < 1.29 is 19.2 Å². The molecule has 1 saturated carbocycles. The van der Waals surface area contributed by atoms with Crippen LogP contribution in [0.2, 0.25) is 0 Å². The third kappa shape index (κ3) is 3.33. The Hall–Kier alpha value is -2.34. The number of phenols is 1. The molecule has 2 fully saturated rings. The minimum absolute atomic E-state index is 0.0268. The highest BCUT2D eigenvalue weighted by atomic mass is 16.4. The summed E-state index contributed by atoms with van der Waals surface area (Å²) in [4.78, 5) is 29.2. The van der Waals surface area contributed by atoms with E-state index < -0.39 is 5.63 Å². The molecule has 3 aliphatic rings. The van der Waals surface area contributed by atoms with Gasteiger partial charge in [-0.25, -0.2) is 4.79 Å². The van der Waals surface area contributed by atoms with Gasteiger partial charge in [0.25, 0.3) is 5.91 Å². The van der Waals surface area contributed by atoms with Crippen molar-refractivity contribution >= 4 is 22.6 Å². The normalized spacial score (nSPS) is 26.8. The van der Waals surface area contributed by atoms with Gasteiger partial charge in [0.15, 0.2) is 6.54 Å². The van der Waals surface area contributed by atoms with Gasteiger partial charge < -0.3 is 19.3 Å². The van der Waals surface area contributed by atoms with E-state index >= 15 is 0 Å². The summed E-state index contributed by atoms with van der Waals surface area (Å²) < 4.78 is 5.50. The molecule has 1 aromatic heterocycles. The zero-order valence-corrected chi connectivity index (χ0v) is 16.8. The molecular weight excluding hydrogens is 368 g/mol. The van der Waals surface area contributed by atoms with Crippen LogP contribution in [0.1, 0.15) is 50.5 Å². The molecule has 3 heterocycles. The first-order valence-corrected chi connectivity index (χ1v) is 11.1. The quantitative estimate of drug-likeness (QED) is 0.761. The number of fused-ring (bicyclic) bond motifs is 4. The van der Waals surface area contributed by atoms with Gasteiger partial charge in [0.05, 0.1) is 12.6 Å². The van der Waals surface area contributed by atoms with Crippen LogP contribution in [0.15, 0.2) is 27.4 Å². The van der Waals surface area contributed by atoms with Crippen LogP contribution >= 0.6 is 0 Å². The Kier molecular flexibility index (Phi) is 4.82. The van der Waals surface area contributed by atoms with E-state index in [0.29, 0.717) is 36.8 Å². The molecule has 1 amide bonds. The van der Waals surface area contributed by atoms with Gasteiger partial charge >= 0.3 is 5.63 Å². The van der Waals surface area contributed by atoms with Crippen LogP contribution in [-0.4, -0.2) is 36.7 Å². The van der Waals surface area contributed by atoms with Crippen LogP contribution in [0.4, 0.5) is 5.69 Å². The predicted octanol–water partition coefficient (Wildman–Crippen LogP) is 2.02. The SMILES string of the molecule is O=C(C[NH+]1CCC[C@@H]2CCCC[C@@H]21)N1CCCc2c1c(=O)oc1ccc(O)cc21. The minimum atomic E-state index is -0.449. The van der Waals surface area contributed by atoms with E-state index in [1.54, 1.807) is 17.0 Å². The van der Waals surface area contributed by atoms with E-state index in [2.05, 4.69) is 0 Å². The number of amides is 1. The number of aromatic hydroxyl groups is 1. The third-order valence-corrected chi connectivity index (χ3v) is 7.23. The Bertz CT molecular complexity index is 996. The molecule has 2 N–H and O–H groups in total. The second-order valence-electron chi connectivity index (χ2n) is 8.92. The van der Waals surface area contributed by atoms with E-state index in [1.807, 2.05) is 0 Å². The zero-order valence-electron chi connectivity index (χ0n) is 16.8. The number of rotatable bonds is 2. The standard InChI is InChI=1S/C23H28N2O4/c26-16-9-10-20-18(13-16)17-7-4-12-25(22(17)23(28)29-20)21(27)14-24-11-3-6-15-5-1-2-8-19(15)24/h9-10,13,15,19,26H,1-8,11-12,14H2/p+1/t15-,19-/m0/s1. The number of carbonyl (C=O) groups is 1. The van der Waals surface area contributed by atoms with Gasteiger partial charge in [0.1, 0.15) is 17.0 Å². The Morgan fingerprint density at radius 1 is 1.17 bits per heavy atom. The number of aryl methyl sites for hydroxylation is 1. The highest BCUT2D eigenvalue weighted by Gasteiger charge is 2.39. The maximum absolute atomic E-state index is 13.3. The Labute approximate surface area is 170 Å². The van der Waals surface area contributed by atoms with Crippen molar-refractivity contribution in [1.29, 1.82) is 0 Å². The largest absolute Gasteiger partial charge is 0.508 e. The number of hydrogen-bond acceptors (Lipinski definition) is 4. The summed E-state index contributed by atoms with van der Waals surface area (Å²) in [7, 11) is 0. The maximum atomic E-state index is 13.3. The van der Waals surface area contributed by atoms with Gasteiger partial charge in [-0.05, 0) is 68.7 Å². The predicted molar refractivity (Wildman–Crippen MR) is 110 cm³/mol. The molecule has 6 heteroatoms. The first-order chi connectivity index (χ1) is 14.1. The lowest BCUT2D eigenvalue weighted by molar-refractivity contribution is -0.928. The van der Waals surface area contributed by atoms with Crippen molar-refractivity contribution in [2.24, 2.45) is 5.92 Å².